The Bertz CT molecular complexity index is 651. The second kappa shape index (κ2) is 6.17. The fourth-order valence-electron chi connectivity index (χ4n) is 1.80. The van der Waals surface area contributed by atoms with Gasteiger partial charge in [0, 0.05) is 6.42 Å². The van der Waals surface area contributed by atoms with Crippen molar-refractivity contribution < 1.29 is 12.6 Å². The molecule has 0 spiro atoms. The van der Waals surface area contributed by atoms with Crippen molar-refractivity contribution in [1.29, 1.82) is 0 Å². The molecule has 2 N–H and O–H groups in total. The van der Waals surface area contributed by atoms with E-state index >= 15 is 0 Å². The second-order valence-electron chi connectivity index (χ2n) is 4.59. The number of rotatable bonds is 5. The van der Waals surface area contributed by atoms with E-state index in [-0.39, 0.29) is 4.90 Å². The van der Waals surface area contributed by atoms with Crippen molar-refractivity contribution in [1.82, 2.24) is 0 Å². The Labute approximate surface area is 119 Å². The van der Waals surface area contributed by atoms with E-state index in [0.717, 1.165) is 11.1 Å². The van der Waals surface area contributed by atoms with E-state index in [4.69, 9.17) is 9.92 Å². The van der Waals surface area contributed by atoms with Gasteiger partial charge in [0.2, 0.25) is 0 Å². The lowest BCUT2D eigenvalue weighted by Crippen LogP contribution is -2.29. The molecule has 2 aromatic rings. The molecule has 0 amide bonds. The summed E-state index contributed by atoms with van der Waals surface area (Å²) in [6.45, 7) is 1.89. The summed E-state index contributed by atoms with van der Waals surface area (Å²) in [6.07, 6.45) is -0.560. The van der Waals surface area contributed by atoms with Crippen LogP contribution in [0.1, 0.15) is 11.1 Å². The van der Waals surface area contributed by atoms with Crippen molar-refractivity contribution in [2.24, 2.45) is 5.73 Å². The third-order valence-electron chi connectivity index (χ3n) is 2.84. The SMILES string of the molecule is Cc1ccc(S(=O)(=O)OC(N)Cc2ccccc2)cc1. The lowest BCUT2D eigenvalue weighted by molar-refractivity contribution is 0.217. The van der Waals surface area contributed by atoms with Crippen LogP contribution in [0.25, 0.3) is 0 Å². The summed E-state index contributed by atoms with van der Waals surface area (Å²) in [5, 5.41) is 0. The molecule has 1 unspecified atom stereocenters. The molecule has 0 aliphatic rings. The summed E-state index contributed by atoms with van der Waals surface area (Å²) in [4.78, 5) is 0.117. The number of nitrogens with two attached hydrogens (primary N) is 1. The van der Waals surface area contributed by atoms with Crippen molar-refractivity contribution in [2.75, 3.05) is 0 Å². The van der Waals surface area contributed by atoms with E-state index < -0.39 is 16.3 Å². The van der Waals surface area contributed by atoms with Gasteiger partial charge in [0.25, 0.3) is 10.1 Å². The van der Waals surface area contributed by atoms with Gasteiger partial charge < -0.3 is 5.73 Å². The van der Waals surface area contributed by atoms with Crippen LogP contribution in [0.5, 0.6) is 0 Å². The largest absolute Gasteiger partial charge is 0.305 e. The van der Waals surface area contributed by atoms with Crippen LogP contribution in [-0.4, -0.2) is 14.6 Å². The summed E-state index contributed by atoms with van der Waals surface area (Å²) in [6, 6.07) is 15.9. The quantitative estimate of drug-likeness (QED) is 0.677. The fraction of sp³-hybridized carbons (Fsp3) is 0.200. The molecule has 0 aliphatic heterocycles. The van der Waals surface area contributed by atoms with E-state index in [9.17, 15) is 8.42 Å². The van der Waals surface area contributed by atoms with Gasteiger partial charge in [0.05, 0.1) is 4.90 Å². The third kappa shape index (κ3) is 3.90. The molecule has 5 heteroatoms. The highest BCUT2D eigenvalue weighted by Crippen LogP contribution is 2.15. The number of benzene rings is 2. The first-order valence-electron chi connectivity index (χ1n) is 6.27. The molecule has 0 saturated carbocycles. The average molecular weight is 291 g/mol. The van der Waals surface area contributed by atoms with Crippen LogP contribution < -0.4 is 5.73 Å². The maximum absolute atomic E-state index is 12.0. The molecule has 0 aliphatic carbocycles. The summed E-state index contributed by atoms with van der Waals surface area (Å²) in [7, 11) is -3.82. The molecule has 0 heterocycles. The second-order valence-corrected chi connectivity index (χ2v) is 6.16. The van der Waals surface area contributed by atoms with Crippen LogP contribution >= 0.6 is 0 Å². The normalized spacial score (nSPS) is 13.1. The fourth-order valence-corrected chi connectivity index (χ4v) is 2.78. The lowest BCUT2D eigenvalue weighted by atomic mass is 10.1. The molecule has 0 saturated heterocycles. The smallest absolute Gasteiger partial charge is 0.298 e. The van der Waals surface area contributed by atoms with Crippen molar-refractivity contribution in [3.63, 3.8) is 0 Å². The molecule has 20 heavy (non-hydrogen) atoms. The highest BCUT2D eigenvalue weighted by molar-refractivity contribution is 7.86. The Balaban J connectivity index is 2.06. The first-order valence-corrected chi connectivity index (χ1v) is 7.68. The summed E-state index contributed by atoms with van der Waals surface area (Å²) >= 11 is 0. The van der Waals surface area contributed by atoms with Gasteiger partial charge in [-0.25, -0.2) is 4.18 Å². The predicted molar refractivity (Wildman–Crippen MR) is 77.6 cm³/mol. The predicted octanol–water partition coefficient (Wildman–Crippen LogP) is 2.23. The molecule has 106 valence electrons. The molecule has 2 rings (SSSR count). The zero-order valence-electron chi connectivity index (χ0n) is 11.2. The Morgan fingerprint density at radius 1 is 1.05 bits per heavy atom. The maximum Gasteiger partial charge on any atom is 0.298 e. The van der Waals surface area contributed by atoms with E-state index in [1.807, 2.05) is 37.3 Å². The van der Waals surface area contributed by atoms with Gasteiger partial charge in [-0.2, -0.15) is 8.42 Å². The van der Waals surface area contributed by atoms with Gasteiger partial charge in [0.1, 0.15) is 6.23 Å². The summed E-state index contributed by atoms with van der Waals surface area (Å²) in [5.74, 6) is 0. The van der Waals surface area contributed by atoms with E-state index in [1.54, 1.807) is 12.1 Å². The molecule has 0 bridgehead atoms. The Kier molecular flexibility index (Phi) is 4.54. The highest BCUT2D eigenvalue weighted by atomic mass is 32.2. The molecule has 4 nitrogen and oxygen atoms in total. The first-order chi connectivity index (χ1) is 9.47. The Hall–Kier alpha value is -1.69. The molecular weight excluding hydrogens is 274 g/mol. The number of hydrogen-bond donors (Lipinski definition) is 1. The number of aryl methyl sites for hydroxylation is 1. The minimum absolute atomic E-state index is 0.117. The van der Waals surface area contributed by atoms with Crippen LogP contribution in [0, 0.1) is 6.92 Å². The minimum atomic E-state index is -3.82. The van der Waals surface area contributed by atoms with E-state index in [0.29, 0.717) is 6.42 Å². The van der Waals surface area contributed by atoms with Gasteiger partial charge in [-0.15, -0.1) is 0 Å². The molecule has 2 aromatic carbocycles. The standard InChI is InChI=1S/C15H17NO3S/c1-12-7-9-14(10-8-12)20(17,18)19-15(16)11-13-5-3-2-4-6-13/h2-10,15H,11,16H2,1H3. The highest BCUT2D eigenvalue weighted by Gasteiger charge is 2.19. The van der Waals surface area contributed by atoms with Crippen LogP contribution in [0.2, 0.25) is 0 Å². The topological polar surface area (TPSA) is 69.4 Å². The molecule has 0 radical (unpaired) electrons. The maximum atomic E-state index is 12.0. The van der Waals surface area contributed by atoms with Gasteiger partial charge in [-0.3, -0.25) is 0 Å². The molecule has 1 atom stereocenters. The van der Waals surface area contributed by atoms with Gasteiger partial charge in [-0.05, 0) is 24.6 Å². The lowest BCUT2D eigenvalue weighted by Gasteiger charge is -2.13. The summed E-state index contributed by atoms with van der Waals surface area (Å²) in [5.41, 5.74) is 7.67. The van der Waals surface area contributed by atoms with Crippen molar-refractivity contribution >= 4 is 10.1 Å². The van der Waals surface area contributed by atoms with Crippen LogP contribution in [0.15, 0.2) is 59.5 Å². The van der Waals surface area contributed by atoms with Crippen LogP contribution in [-0.2, 0) is 20.7 Å². The van der Waals surface area contributed by atoms with Gasteiger partial charge in [-0.1, -0.05) is 48.0 Å². The van der Waals surface area contributed by atoms with Gasteiger partial charge in [0.15, 0.2) is 0 Å². The van der Waals surface area contributed by atoms with E-state index in [1.165, 1.54) is 12.1 Å². The van der Waals surface area contributed by atoms with E-state index in [2.05, 4.69) is 0 Å². The third-order valence-corrected chi connectivity index (χ3v) is 4.19. The summed E-state index contributed by atoms with van der Waals surface area (Å²) < 4.78 is 29.1. The molecule has 0 aromatic heterocycles. The van der Waals surface area contributed by atoms with Crippen molar-refractivity contribution in [3.8, 4) is 0 Å². The zero-order chi connectivity index (χ0) is 14.6. The van der Waals surface area contributed by atoms with Crippen LogP contribution in [0.3, 0.4) is 0 Å². The minimum Gasteiger partial charge on any atom is -0.305 e. The Morgan fingerprint density at radius 2 is 1.65 bits per heavy atom. The monoisotopic (exact) mass is 291 g/mol. The molecular formula is C15H17NO3S. The average Bonchev–Trinajstić information content (AvgIpc) is 2.39. The molecule has 0 fully saturated rings. The first kappa shape index (κ1) is 14.7. The zero-order valence-corrected chi connectivity index (χ0v) is 12.0. The number of hydrogen-bond acceptors (Lipinski definition) is 4. The van der Waals surface area contributed by atoms with Crippen molar-refractivity contribution in [2.45, 2.75) is 24.5 Å². The van der Waals surface area contributed by atoms with Crippen LogP contribution in [0.4, 0.5) is 0 Å². The van der Waals surface area contributed by atoms with Crippen molar-refractivity contribution in [3.05, 3.63) is 65.7 Å². The van der Waals surface area contributed by atoms with Gasteiger partial charge >= 0.3 is 0 Å². The Morgan fingerprint density at radius 3 is 2.25 bits per heavy atom.